The third-order valence-electron chi connectivity index (χ3n) is 4.46. The zero-order valence-electron chi connectivity index (χ0n) is 13.9. The molecule has 0 radical (unpaired) electrons. The number of alkyl halides is 3. The number of nitrogens with zero attached hydrogens (tertiary/aromatic N) is 1. The first-order valence-corrected chi connectivity index (χ1v) is 8.68. The number of anilines is 1. The van der Waals surface area contributed by atoms with Gasteiger partial charge in [0.25, 0.3) is 0 Å². The Kier molecular flexibility index (Phi) is 5.53. The molecule has 0 aliphatic carbocycles. The molecule has 1 saturated heterocycles. The summed E-state index contributed by atoms with van der Waals surface area (Å²) >= 11 is 5.66. The first-order chi connectivity index (χ1) is 12.3. The van der Waals surface area contributed by atoms with E-state index < -0.39 is 17.6 Å². The first kappa shape index (κ1) is 18.7. The van der Waals surface area contributed by atoms with Crippen molar-refractivity contribution in [3.63, 3.8) is 0 Å². The van der Waals surface area contributed by atoms with Gasteiger partial charge in [-0.2, -0.15) is 13.2 Å². The topological polar surface area (TPSA) is 32.3 Å². The second kappa shape index (κ2) is 7.68. The van der Waals surface area contributed by atoms with Gasteiger partial charge in [-0.25, -0.2) is 0 Å². The number of nitrogens with one attached hydrogen (secondary N) is 1. The average molecular weight is 383 g/mol. The molecule has 7 heteroatoms. The summed E-state index contributed by atoms with van der Waals surface area (Å²) in [5.41, 5.74) is -0.109. The lowest BCUT2D eigenvalue weighted by molar-refractivity contribution is -0.137. The van der Waals surface area contributed by atoms with Crippen molar-refractivity contribution >= 4 is 23.2 Å². The largest absolute Gasteiger partial charge is 0.418 e. The van der Waals surface area contributed by atoms with E-state index in [9.17, 15) is 18.0 Å². The number of carbonyl (C=O) groups is 1. The van der Waals surface area contributed by atoms with Crippen LogP contribution in [0, 0.1) is 0 Å². The fraction of sp³-hybridized carbons (Fsp3) is 0.316. The summed E-state index contributed by atoms with van der Waals surface area (Å²) in [5.74, 6) is -0.472. The van der Waals surface area contributed by atoms with Crippen molar-refractivity contribution in [3.8, 4) is 0 Å². The molecule has 2 aromatic carbocycles. The van der Waals surface area contributed by atoms with Crippen molar-refractivity contribution in [1.29, 1.82) is 0 Å². The molecule has 1 atom stereocenters. The van der Waals surface area contributed by atoms with Gasteiger partial charge in [-0.3, -0.25) is 9.69 Å². The second-order valence-corrected chi connectivity index (χ2v) is 6.71. The molecule has 1 amide bonds. The Morgan fingerprint density at radius 3 is 2.62 bits per heavy atom. The number of hydrogen-bond acceptors (Lipinski definition) is 2. The van der Waals surface area contributed by atoms with Crippen LogP contribution in [0.3, 0.4) is 0 Å². The molecule has 1 heterocycles. The Balaban J connectivity index is 1.72. The fourth-order valence-corrected chi connectivity index (χ4v) is 3.47. The van der Waals surface area contributed by atoms with Crippen LogP contribution in [0.4, 0.5) is 18.9 Å². The minimum Gasteiger partial charge on any atom is -0.324 e. The molecule has 2 aromatic rings. The number of hydrogen-bond donors (Lipinski definition) is 1. The highest BCUT2D eigenvalue weighted by Crippen LogP contribution is 2.37. The van der Waals surface area contributed by atoms with E-state index in [1.165, 1.54) is 12.1 Å². The number of carbonyl (C=O) groups excluding carboxylic acids is 1. The third-order valence-corrected chi connectivity index (χ3v) is 4.69. The Morgan fingerprint density at radius 1 is 1.19 bits per heavy atom. The number of likely N-dealkylation sites (tertiary alicyclic amines) is 1. The highest BCUT2D eigenvalue weighted by atomic mass is 35.5. The van der Waals surface area contributed by atoms with Crippen LogP contribution in [0.15, 0.2) is 48.5 Å². The van der Waals surface area contributed by atoms with Crippen LogP contribution in [-0.2, 0) is 11.0 Å². The summed E-state index contributed by atoms with van der Waals surface area (Å²) in [4.78, 5) is 14.4. The molecule has 1 fully saturated rings. The Labute approximate surface area is 154 Å². The van der Waals surface area contributed by atoms with E-state index in [1.807, 2.05) is 35.2 Å². The van der Waals surface area contributed by atoms with Crippen molar-refractivity contribution < 1.29 is 18.0 Å². The van der Waals surface area contributed by atoms with Crippen LogP contribution in [0.1, 0.15) is 30.0 Å². The standard InChI is InChI=1S/C19H18ClF3N2O/c20-14-8-9-16(15(11-14)19(21,22)23)24-18(26)12-25-10-4-7-17(25)13-5-2-1-3-6-13/h1-3,5-6,8-9,11,17H,4,7,10,12H2,(H,24,26). The van der Waals surface area contributed by atoms with E-state index in [0.717, 1.165) is 31.0 Å². The van der Waals surface area contributed by atoms with Crippen molar-refractivity contribution in [3.05, 3.63) is 64.7 Å². The van der Waals surface area contributed by atoms with Gasteiger partial charge in [0.2, 0.25) is 5.91 Å². The number of halogens is 4. The van der Waals surface area contributed by atoms with Crippen LogP contribution in [0.5, 0.6) is 0 Å². The number of benzene rings is 2. The normalized spacial score (nSPS) is 18.1. The van der Waals surface area contributed by atoms with E-state index in [2.05, 4.69) is 5.32 Å². The summed E-state index contributed by atoms with van der Waals surface area (Å²) in [6.45, 7) is 0.777. The van der Waals surface area contributed by atoms with Gasteiger partial charge in [-0.15, -0.1) is 0 Å². The summed E-state index contributed by atoms with van der Waals surface area (Å²) in [5, 5.41) is 2.36. The van der Waals surface area contributed by atoms with E-state index in [-0.39, 0.29) is 23.3 Å². The summed E-state index contributed by atoms with van der Waals surface area (Å²) in [6.07, 6.45) is -2.72. The van der Waals surface area contributed by atoms with Gasteiger partial charge in [0.05, 0.1) is 17.8 Å². The van der Waals surface area contributed by atoms with Gasteiger partial charge in [0, 0.05) is 11.1 Å². The van der Waals surface area contributed by atoms with Gasteiger partial charge in [-0.1, -0.05) is 41.9 Å². The first-order valence-electron chi connectivity index (χ1n) is 8.30. The number of rotatable bonds is 4. The number of amides is 1. The molecule has 3 nitrogen and oxygen atoms in total. The zero-order valence-corrected chi connectivity index (χ0v) is 14.6. The molecule has 1 aliphatic heterocycles. The van der Waals surface area contributed by atoms with Crippen LogP contribution in [0.25, 0.3) is 0 Å². The minimum atomic E-state index is -4.59. The van der Waals surface area contributed by atoms with E-state index in [4.69, 9.17) is 11.6 Å². The van der Waals surface area contributed by atoms with Crippen LogP contribution in [0.2, 0.25) is 5.02 Å². The molecule has 1 N–H and O–H groups in total. The lowest BCUT2D eigenvalue weighted by Crippen LogP contribution is -2.33. The smallest absolute Gasteiger partial charge is 0.324 e. The van der Waals surface area contributed by atoms with Crippen molar-refractivity contribution in [2.75, 3.05) is 18.4 Å². The average Bonchev–Trinajstić information content (AvgIpc) is 3.04. The molecule has 0 bridgehead atoms. The Bertz CT molecular complexity index is 780. The maximum absolute atomic E-state index is 13.1. The molecular formula is C19H18ClF3N2O. The summed E-state index contributed by atoms with van der Waals surface area (Å²) in [7, 11) is 0. The van der Waals surface area contributed by atoms with Crippen molar-refractivity contribution in [2.45, 2.75) is 25.1 Å². The predicted molar refractivity (Wildman–Crippen MR) is 95.1 cm³/mol. The Hall–Kier alpha value is -2.05. The van der Waals surface area contributed by atoms with Gasteiger partial charge in [0.15, 0.2) is 0 Å². The molecule has 3 rings (SSSR count). The highest BCUT2D eigenvalue weighted by Gasteiger charge is 2.34. The Morgan fingerprint density at radius 2 is 1.92 bits per heavy atom. The molecule has 1 unspecified atom stereocenters. The second-order valence-electron chi connectivity index (χ2n) is 6.28. The van der Waals surface area contributed by atoms with Crippen molar-refractivity contribution in [2.24, 2.45) is 0 Å². The van der Waals surface area contributed by atoms with Crippen LogP contribution in [-0.4, -0.2) is 23.9 Å². The maximum atomic E-state index is 13.1. The van der Waals surface area contributed by atoms with Crippen LogP contribution >= 0.6 is 11.6 Å². The molecule has 0 aromatic heterocycles. The monoisotopic (exact) mass is 382 g/mol. The van der Waals surface area contributed by atoms with Gasteiger partial charge >= 0.3 is 6.18 Å². The van der Waals surface area contributed by atoms with Crippen LogP contribution < -0.4 is 5.32 Å². The lowest BCUT2D eigenvalue weighted by atomic mass is 10.0. The van der Waals surface area contributed by atoms with Crippen molar-refractivity contribution in [1.82, 2.24) is 4.90 Å². The molecule has 0 spiro atoms. The summed E-state index contributed by atoms with van der Waals surface area (Å²) < 4.78 is 39.4. The third kappa shape index (κ3) is 4.37. The minimum absolute atomic E-state index is 0.0287. The maximum Gasteiger partial charge on any atom is 0.418 e. The lowest BCUT2D eigenvalue weighted by Gasteiger charge is -2.24. The predicted octanol–water partition coefficient (Wildman–Crippen LogP) is 5.13. The molecule has 26 heavy (non-hydrogen) atoms. The van der Waals surface area contributed by atoms with Gasteiger partial charge < -0.3 is 5.32 Å². The SMILES string of the molecule is O=C(CN1CCCC1c1ccccc1)Nc1ccc(Cl)cc1C(F)(F)F. The quantitative estimate of drug-likeness (QED) is 0.794. The highest BCUT2D eigenvalue weighted by molar-refractivity contribution is 6.30. The molecule has 1 aliphatic rings. The van der Waals surface area contributed by atoms with E-state index in [1.54, 1.807) is 0 Å². The van der Waals surface area contributed by atoms with Gasteiger partial charge in [0.1, 0.15) is 0 Å². The molecular weight excluding hydrogens is 365 g/mol. The van der Waals surface area contributed by atoms with E-state index >= 15 is 0 Å². The zero-order chi connectivity index (χ0) is 18.7. The molecule has 0 saturated carbocycles. The fourth-order valence-electron chi connectivity index (χ4n) is 3.30. The van der Waals surface area contributed by atoms with E-state index in [0.29, 0.717) is 0 Å². The molecule has 138 valence electrons. The summed E-state index contributed by atoms with van der Waals surface area (Å²) in [6, 6.07) is 13.2. The van der Waals surface area contributed by atoms with Gasteiger partial charge in [-0.05, 0) is 43.1 Å².